The molecule has 1 aliphatic rings. The fourth-order valence-electron chi connectivity index (χ4n) is 3.14. The van der Waals surface area contributed by atoms with Crippen LogP contribution in [0.3, 0.4) is 0 Å². The summed E-state index contributed by atoms with van der Waals surface area (Å²) in [4.78, 5) is 0. The first-order valence-electron chi connectivity index (χ1n) is 6.72. The van der Waals surface area contributed by atoms with Gasteiger partial charge >= 0.3 is 0 Å². The second kappa shape index (κ2) is 4.81. The summed E-state index contributed by atoms with van der Waals surface area (Å²) < 4.78 is 1.92. The first kappa shape index (κ1) is 12.6. The zero-order valence-electron chi connectivity index (χ0n) is 11.2. The fourth-order valence-corrected chi connectivity index (χ4v) is 3.14. The number of nitrogens with zero attached hydrogens (tertiary/aromatic N) is 2. The van der Waals surface area contributed by atoms with Gasteiger partial charge in [0.1, 0.15) is 0 Å². The molecule has 17 heavy (non-hydrogen) atoms. The van der Waals surface area contributed by atoms with Crippen molar-refractivity contribution in [1.82, 2.24) is 9.78 Å². The molecule has 0 aromatic carbocycles. The van der Waals surface area contributed by atoms with Crippen LogP contribution in [-0.2, 0) is 13.0 Å². The number of aryl methyl sites for hydroxylation is 1. The minimum absolute atomic E-state index is 0.220. The Hall–Kier alpha value is -0.830. The minimum Gasteiger partial charge on any atom is -0.392 e. The Balaban J connectivity index is 1.99. The standard InChI is InChI=1S/C14H24N2O/c1-4-16-10-11(9-15-16)8-13(17)12-6-5-7-14(12,2)3/h9-10,12-13,17H,4-8H2,1-3H3. The summed E-state index contributed by atoms with van der Waals surface area (Å²) in [5.41, 5.74) is 1.45. The molecule has 96 valence electrons. The maximum absolute atomic E-state index is 10.4. The average Bonchev–Trinajstić information content (AvgIpc) is 2.84. The van der Waals surface area contributed by atoms with Crippen molar-refractivity contribution >= 4 is 0 Å². The molecular formula is C14H24N2O. The van der Waals surface area contributed by atoms with Crippen LogP contribution in [0.2, 0.25) is 0 Å². The quantitative estimate of drug-likeness (QED) is 0.872. The zero-order chi connectivity index (χ0) is 12.5. The summed E-state index contributed by atoms with van der Waals surface area (Å²) >= 11 is 0. The Labute approximate surface area is 104 Å². The summed E-state index contributed by atoms with van der Waals surface area (Å²) in [5, 5.41) is 14.6. The number of aliphatic hydroxyl groups excluding tert-OH is 1. The topological polar surface area (TPSA) is 38.0 Å². The molecule has 2 rings (SSSR count). The summed E-state index contributed by atoms with van der Waals surface area (Å²) in [6, 6.07) is 0. The van der Waals surface area contributed by atoms with E-state index in [0.717, 1.165) is 24.9 Å². The van der Waals surface area contributed by atoms with Crippen molar-refractivity contribution in [2.45, 2.75) is 59.1 Å². The highest BCUT2D eigenvalue weighted by Crippen LogP contribution is 2.44. The van der Waals surface area contributed by atoms with Gasteiger partial charge < -0.3 is 5.11 Å². The van der Waals surface area contributed by atoms with E-state index in [1.807, 2.05) is 17.1 Å². The molecule has 1 aliphatic carbocycles. The van der Waals surface area contributed by atoms with Gasteiger partial charge in [0.25, 0.3) is 0 Å². The molecule has 1 heterocycles. The van der Waals surface area contributed by atoms with Gasteiger partial charge in [0, 0.05) is 19.2 Å². The molecule has 1 N–H and O–H groups in total. The van der Waals surface area contributed by atoms with Crippen molar-refractivity contribution in [2.75, 3.05) is 0 Å². The maximum Gasteiger partial charge on any atom is 0.0614 e. The van der Waals surface area contributed by atoms with Crippen LogP contribution < -0.4 is 0 Å². The molecule has 0 saturated heterocycles. The van der Waals surface area contributed by atoms with Crippen LogP contribution in [-0.4, -0.2) is 21.0 Å². The van der Waals surface area contributed by atoms with E-state index >= 15 is 0 Å². The molecule has 0 bridgehead atoms. The third-order valence-electron chi connectivity index (χ3n) is 4.26. The second-order valence-electron chi connectivity index (χ2n) is 5.96. The molecule has 3 heteroatoms. The Bertz CT molecular complexity index is 370. The predicted molar refractivity (Wildman–Crippen MR) is 68.7 cm³/mol. The highest BCUT2D eigenvalue weighted by molar-refractivity contribution is 5.07. The van der Waals surface area contributed by atoms with Crippen molar-refractivity contribution < 1.29 is 5.11 Å². The lowest BCUT2D eigenvalue weighted by Crippen LogP contribution is -2.31. The molecular weight excluding hydrogens is 212 g/mol. The number of aliphatic hydroxyl groups is 1. The van der Waals surface area contributed by atoms with Crippen LogP contribution in [0.1, 0.15) is 45.6 Å². The van der Waals surface area contributed by atoms with Crippen LogP contribution in [0.15, 0.2) is 12.4 Å². The average molecular weight is 236 g/mol. The van der Waals surface area contributed by atoms with Crippen LogP contribution >= 0.6 is 0 Å². The van der Waals surface area contributed by atoms with Crippen molar-refractivity contribution in [1.29, 1.82) is 0 Å². The smallest absolute Gasteiger partial charge is 0.0614 e. The monoisotopic (exact) mass is 236 g/mol. The molecule has 0 amide bonds. The third-order valence-corrected chi connectivity index (χ3v) is 4.26. The van der Waals surface area contributed by atoms with E-state index in [9.17, 15) is 5.11 Å². The van der Waals surface area contributed by atoms with E-state index < -0.39 is 0 Å². The van der Waals surface area contributed by atoms with E-state index in [1.165, 1.54) is 12.8 Å². The number of hydrogen-bond acceptors (Lipinski definition) is 2. The molecule has 3 nitrogen and oxygen atoms in total. The van der Waals surface area contributed by atoms with Crippen LogP contribution in [0, 0.1) is 11.3 Å². The normalized spacial score (nSPS) is 25.1. The first-order valence-corrected chi connectivity index (χ1v) is 6.72. The number of hydrogen-bond donors (Lipinski definition) is 1. The van der Waals surface area contributed by atoms with E-state index in [2.05, 4.69) is 25.9 Å². The molecule has 2 unspecified atom stereocenters. The number of aromatic nitrogens is 2. The van der Waals surface area contributed by atoms with E-state index in [0.29, 0.717) is 11.3 Å². The van der Waals surface area contributed by atoms with Crippen molar-refractivity contribution in [2.24, 2.45) is 11.3 Å². The molecule has 1 fully saturated rings. The van der Waals surface area contributed by atoms with Crippen molar-refractivity contribution in [3.8, 4) is 0 Å². The largest absolute Gasteiger partial charge is 0.392 e. The Morgan fingerprint density at radius 2 is 2.35 bits per heavy atom. The van der Waals surface area contributed by atoms with Crippen LogP contribution in [0.4, 0.5) is 0 Å². The lowest BCUT2D eigenvalue weighted by molar-refractivity contribution is 0.0543. The van der Waals surface area contributed by atoms with E-state index in [-0.39, 0.29) is 6.10 Å². The van der Waals surface area contributed by atoms with Gasteiger partial charge in [-0.2, -0.15) is 5.10 Å². The van der Waals surface area contributed by atoms with Gasteiger partial charge in [-0.3, -0.25) is 4.68 Å². The molecule has 0 aliphatic heterocycles. The molecule has 1 saturated carbocycles. The molecule has 0 radical (unpaired) electrons. The fraction of sp³-hybridized carbons (Fsp3) is 0.786. The van der Waals surface area contributed by atoms with Gasteiger partial charge in [0.05, 0.1) is 12.3 Å². The molecule has 1 aromatic heterocycles. The Kier molecular flexibility index (Phi) is 3.57. The Morgan fingerprint density at radius 3 is 2.88 bits per heavy atom. The predicted octanol–water partition coefficient (Wildman–Crippen LogP) is 2.63. The van der Waals surface area contributed by atoms with E-state index in [1.54, 1.807) is 0 Å². The van der Waals surface area contributed by atoms with Gasteiger partial charge in [-0.05, 0) is 36.7 Å². The zero-order valence-corrected chi connectivity index (χ0v) is 11.2. The highest BCUT2D eigenvalue weighted by Gasteiger charge is 2.38. The lowest BCUT2D eigenvalue weighted by Gasteiger charge is -2.31. The summed E-state index contributed by atoms with van der Waals surface area (Å²) in [6.45, 7) is 7.53. The van der Waals surface area contributed by atoms with Gasteiger partial charge in [-0.15, -0.1) is 0 Å². The summed E-state index contributed by atoms with van der Waals surface area (Å²) in [5.74, 6) is 0.437. The minimum atomic E-state index is -0.220. The maximum atomic E-state index is 10.4. The lowest BCUT2D eigenvalue weighted by atomic mass is 9.77. The Morgan fingerprint density at radius 1 is 1.59 bits per heavy atom. The summed E-state index contributed by atoms with van der Waals surface area (Å²) in [6.07, 6.45) is 8.11. The SMILES string of the molecule is CCn1cc(CC(O)C2CCCC2(C)C)cn1. The van der Waals surface area contributed by atoms with Gasteiger partial charge in [0.2, 0.25) is 0 Å². The third kappa shape index (κ3) is 2.71. The van der Waals surface area contributed by atoms with Crippen molar-refractivity contribution in [3.05, 3.63) is 18.0 Å². The van der Waals surface area contributed by atoms with Gasteiger partial charge in [0.15, 0.2) is 0 Å². The van der Waals surface area contributed by atoms with Gasteiger partial charge in [-0.1, -0.05) is 20.3 Å². The van der Waals surface area contributed by atoms with Crippen molar-refractivity contribution in [3.63, 3.8) is 0 Å². The van der Waals surface area contributed by atoms with E-state index in [4.69, 9.17) is 0 Å². The summed E-state index contributed by atoms with van der Waals surface area (Å²) in [7, 11) is 0. The van der Waals surface area contributed by atoms with Crippen LogP contribution in [0.5, 0.6) is 0 Å². The number of rotatable bonds is 4. The first-order chi connectivity index (χ1) is 8.03. The van der Waals surface area contributed by atoms with Gasteiger partial charge in [-0.25, -0.2) is 0 Å². The molecule has 0 spiro atoms. The van der Waals surface area contributed by atoms with Crippen LogP contribution in [0.25, 0.3) is 0 Å². The molecule has 1 aromatic rings. The second-order valence-corrected chi connectivity index (χ2v) is 5.96. The highest BCUT2D eigenvalue weighted by atomic mass is 16.3. The molecule has 2 atom stereocenters.